The number of anilines is 6. The summed E-state index contributed by atoms with van der Waals surface area (Å²) in [6.07, 6.45) is -13.3. The first kappa shape index (κ1) is 64.2. The van der Waals surface area contributed by atoms with Crippen molar-refractivity contribution < 1.29 is 19.2 Å². The van der Waals surface area contributed by atoms with Crippen LogP contribution in [0.15, 0.2) is 267 Å². The molecular weight excluding hydrogens is 1420 g/mol. The summed E-state index contributed by atoms with van der Waals surface area (Å²) >= 11 is 0. The molecule has 15 aromatic rings. The normalized spacial score (nSPS) is 16.1. The molecule has 0 fully saturated rings. The number of hydrogen-bond acceptors (Lipinski definition) is 2. The van der Waals surface area contributed by atoms with Gasteiger partial charge >= 0.3 is 0 Å². The van der Waals surface area contributed by atoms with Crippen LogP contribution in [0.5, 0.6) is 0 Å². The summed E-state index contributed by atoms with van der Waals surface area (Å²) in [5.74, 6) is 0. The van der Waals surface area contributed by atoms with Crippen molar-refractivity contribution in [3.8, 4) is 55.9 Å². The van der Waals surface area contributed by atoms with Crippen molar-refractivity contribution in [3.63, 3.8) is 0 Å². The van der Waals surface area contributed by atoms with Gasteiger partial charge in [-0.25, -0.2) is 0 Å². The van der Waals surface area contributed by atoms with Crippen LogP contribution in [0.1, 0.15) is 204 Å². The smallest absolute Gasteiger partial charge is 0.252 e. The minimum atomic E-state index is -2.15. The maximum absolute atomic E-state index is 11.1. The van der Waals surface area contributed by atoms with E-state index in [-0.39, 0.29) is 0 Å². The van der Waals surface area contributed by atoms with Gasteiger partial charge in [0.15, 0.2) is 0 Å². The average Bonchev–Trinajstić information content (AvgIpc) is 0.762. The van der Waals surface area contributed by atoms with E-state index in [9.17, 15) is 19.2 Å². The molecule has 0 aliphatic carbocycles. The van der Waals surface area contributed by atoms with Crippen molar-refractivity contribution in [2.75, 3.05) is 9.80 Å². The SMILES string of the molecule is [2H]C([2H])(c1cc(-c2ccccc2)c(N2c3cc(-n4c5ccc(C([2H])([2H])C(C)(C)C)cc5c5cc(C([2H])([2H])C(C)(C)C)ccc54)ccc3B3c4ccc(-n5c6ccc(C([2H])([2H])C(C)(C)C)cc6c6cc(C([2H])([2H])C(C)(C)C)ccc65)cc4N(c4c(-c5ccccc5)cc(C([2H])([2H])C(C)(C)C)cc4-c4ccccc4)c4cc(C([2H])([2H])C(C)(C)C)cc2c43)c(-c2ccccc2)c1)C(C)(C)C. The fourth-order valence-electron chi connectivity index (χ4n) is 18.0. The van der Waals surface area contributed by atoms with Crippen molar-refractivity contribution in [1.82, 2.24) is 9.13 Å². The Labute approximate surface area is 724 Å². The molecule has 2 aliphatic rings. The third-order valence-electron chi connectivity index (χ3n) is 21.7. The van der Waals surface area contributed by atoms with Crippen LogP contribution in [-0.4, -0.2) is 15.8 Å². The number of rotatable bonds is 15. The standard InChI is InChI=1S/C113H121BN4/c1-107(2,3)66-73-42-50-96-90(54-73)91-55-74(67-108(4,5)6)43-51-97(91)115(96)84-46-48-94-100(64-84)117(105-86(80-34-26-22-27-35-80)58-77(70-111(13,14)15)59-87(105)81-36-28-23-29-37-81)102-62-79(72-113(19,20)21)63-103-104(102)114(94)95-49-47-85(116-98-52-44-75(68-109(7,8)9)56-92(98)93-57-76(45-53-99(93)116)69-110(10,11)12)65-101(95)118(103)106-88(82-38-30-24-31-39-82)60-78(71-112(16,17)18)61-89(106)83-40-32-25-33-41-83/h22-65H,66-72H2,1-21H3/i66D2,67D2,68D2,69D2,70D2,71D2,72D2. The Morgan fingerprint density at radius 2 is 0.475 bits per heavy atom. The third kappa shape index (κ3) is 16.1. The highest BCUT2D eigenvalue weighted by atomic mass is 15.2. The molecule has 0 unspecified atom stereocenters. The molecule has 2 aromatic heterocycles. The number of fused-ring (bicyclic) bond motifs is 10. The predicted octanol–water partition coefficient (Wildman–Crippen LogP) is 29.8. The minimum Gasteiger partial charge on any atom is -0.310 e. The van der Waals surface area contributed by atoms with Crippen molar-refractivity contribution in [2.24, 2.45) is 37.9 Å². The minimum absolute atomic E-state index is 0.349. The lowest BCUT2D eigenvalue weighted by Crippen LogP contribution is -2.61. The summed E-state index contributed by atoms with van der Waals surface area (Å²) in [6, 6.07) is 89.3. The van der Waals surface area contributed by atoms with Crippen LogP contribution < -0.4 is 26.2 Å². The predicted molar refractivity (Wildman–Crippen MR) is 513 cm³/mol. The second kappa shape index (κ2) is 29.6. The van der Waals surface area contributed by atoms with Crippen LogP contribution >= 0.6 is 0 Å². The average molecular weight is 1560 g/mol. The zero-order valence-corrected chi connectivity index (χ0v) is 72.8. The summed E-state index contributed by atoms with van der Waals surface area (Å²) < 4.78 is 147. The Kier molecular flexibility index (Phi) is 16.1. The summed E-state index contributed by atoms with van der Waals surface area (Å²) in [7, 11) is 0. The van der Waals surface area contributed by atoms with Crippen LogP contribution in [0, 0.1) is 37.9 Å². The van der Waals surface area contributed by atoms with Gasteiger partial charge in [-0.15, -0.1) is 0 Å². The van der Waals surface area contributed by atoms with E-state index >= 15 is 0 Å². The molecular formula is C113H121BN4. The number of hydrogen-bond donors (Lipinski definition) is 0. The maximum Gasteiger partial charge on any atom is 0.252 e. The fraction of sp³-hybridized carbons (Fsp3) is 0.310. The van der Waals surface area contributed by atoms with Crippen LogP contribution in [0.2, 0.25) is 0 Å². The first-order valence-corrected chi connectivity index (χ1v) is 42.1. The molecule has 0 amide bonds. The molecule has 0 atom stereocenters. The van der Waals surface area contributed by atoms with Crippen LogP contribution in [0.25, 0.3) is 99.5 Å². The van der Waals surface area contributed by atoms with Gasteiger partial charge < -0.3 is 18.9 Å². The molecule has 0 bridgehead atoms. The number of benzene rings is 13. The molecule has 4 heterocycles. The highest BCUT2D eigenvalue weighted by Gasteiger charge is 2.47. The topological polar surface area (TPSA) is 16.3 Å². The Morgan fingerprint density at radius 1 is 0.237 bits per heavy atom. The van der Waals surface area contributed by atoms with Gasteiger partial charge in [-0.3, -0.25) is 0 Å². The van der Waals surface area contributed by atoms with E-state index < -0.39 is 89.2 Å². The maximum atomic E-state index is 11.1. The molecule has 4 nitrogen and oxygen atoms in total. The van der Waals surface area contributed by atoms with E-state index in [1.165, 1.54) is 0 Å². The van der Waals surface area contributed by atoms with Crippen molar-refractivity contribution in [3.05, 3.63) is 306 Å². The molecule has 0 saturated carbocycles. The van der Waals surface area contributed by atoms with Gasteiger partial charge in [0.05, 0.1) is 33.4 Å². The molecule has 17 rings (SSSR count). The lowest BCUT2D eigenvalue weighted by atomic mass is 9.33. The van der Waals surface area contributed by atoms with Gasteiger partial charge in [0.2, 0.25) is 0 Å². The zero-order chi connectivity index (χ0) is 95.6. The van der Waals surface area contributed by atoms with Gasteiger partial charge in [0.25, 0.3) is 6.71 Å². The highest BCUT2D eigenvalue weighted by molar-refractivity contribution is 7.00. The molecule has 2 aliphatic heterocycles. The molecule has 5 heteroatoms. The monoisotopic (exact) mass is 1560 g/mol. The second-order valence-electron chi connectivity index (χ2n) is 40.0. The Hall–Kier alpha value is -10.9. The molecule has 13 aromatic carbocycles. The molecule has 0 N–H and O–H groups in total. The quantitative estimate of drug-likeness (QED) is 0.0951. The van der Waals surface area contributed by atoms with Gasteiger partial charge in [-0.1, -0.05) is 303 Å². The van der Waals surface area contributed by atoms with Gasteiger partial charge in [0.1, 0.15) is 0 Å². The first-order chi connectivity index (χ1) is 61.2. The summed E-state index contributed by atoms with van der Waals surface area (Å²) in [5, 5.41) is 2.92. The number of aromatic nitrogens is 2. The van der Waals surface area contributed by atoms with Gasteiger partial charge in [0, 0.05) is 97.1 Å². The van der Waals surface area contributed by atoms with Crippen LogP contribution in [0.3, 0.4) is 0 Å². The largest absolute Gasteiger partial charge is 0.310 e. The molecule has 118 heavy (non-hydrogen) atoms. The van der Waals surface area contributed by atoms with E-state index in [4.69, 9.17) is 0 Å². The van der Waals surface area contributed by atoms with Crippen LogP contribution in [-0.2, 0) is 44.6 Å². The van der Waals surface area contributed by atoms with Crippen molar-refractivity contribution in [1.29, 1.82) is 0 Å². The number of nitrogens with zero attached hydrogens (tertiary/aromatic N) is 4. The van der Waals surface area contributed by atoms with E-state index in [1.807, 2.05) is 315 Å². The summed E-state index contributed by atoms with van der Waals surface area (Å²) in [6.45, 7) is 39.5. The van der Waals surface area contributed by atoms with Crippen molar-refractivity contribution in [2.45, 2.75) is 190 Å². The van der Waals surface area contributed by atoms with E-state index in [1.54, 1.807) is 0 Å². The van der Waals surface area contributed by atoms with E-state index in [0.29, 0.717) is 107 Å². The molecule has 0 saturated heterocycles. The highest BCUT2D eigenvalue weighted by Crippen LogP contribution is 2.56. The van der Waals surface area contributed by atoms with Crippen molar-refractivity contribution >= 4 is 101 Å². The molecule has 0 radical (unpaired) electrons. The summed E-state index contributed by atoms with van der Waals surface area (Å²) in [4.78, 5) is 4.66. The first-order valence-electron chi connectivity index (χ1n) is 49.1. The third-order valence-corrected chi connectivity index (χ3v) is 21.7. The van der Waals surface area contributed by atoms with E-state index in [0.717, 1.165) is 82.3 Å². The van der Waals surface area contributed by atoms with Gasteiger partial charge in [-0.2, -0.15) is 0 Å². The van der Waals surface area contributed by atoms with E-state index in [2.05, 4.69) is 116 Å². The lowest BCUT2D eigenvalue weighted by molar-refractivity contribution is 0.411. The zero-order valence-electron chi connectivity index (χ0n) is 86.8. The Bertz CT molecular complexity index is 6410. The molecule has 596 valence electrons. The molecule has 0 spiro atoms. The van der Waals surface area contributed by atoms with Crippen LogP contribution in [0.4, 0.5) is 34.1 Å². The Balaban J connectivity index is 1.10. The lowest BCUT2D eigenvalue weighted by Gasteiger charge is -2.46. The summed E-state index contributed by atoms with van der Waals surface area (Å²) in [5.41, 5.74) is 13.7. The second-order valence-corrected chi connectivity index (χ2v) is 40.0. The Morgan fingerprint density at radius 3 is 0.720 bits per heavy atom. The fourth-order valence-corrected chi connectivity index (χ4v) is 18.0. The van der Waals surface area contributed by atoms with Gasteiger partial charge in [-0.05, 0) is 269 Å².